The predicted octanol–water partition coefficient (Wildman–Crippen LogP) is 2.31. The van der Waals surface area contributed by atoms with E-state index in [0.717, 1.165) is 23.5 Å². The first-order chi connectivity index (χ1) is 12.8. The van der Waals surface area contributed by atoms with Crippen molar-refractivity contribution in [2.75, 3.05) is 6.54 Å². The zero-order valence-electron chi connectivity index (χ0n) is 15.0. The minimum absolute atomic E-state index is 0.270. The first kappa shape index (κ1) is 17.1. The zero-order chi connectivity index (χ0) is 17.8. The monoisotopic (exact) mass is 355 g/mol. The van der Waals surface area contributed by atoms with Gasteiger partial charge in [-0.2, -0.15) is 0 Å². The zero-order valence-corrected chi connectivity index (χ0v) is 15.0. The van der Waals surface area contributed by atoms with E-state index < -0.39 is 0 Å². The number of ether oxygens (including phenoxy) is 1. The highest BCUT2D eigenvalue weighted by Gasteiger charge is 2.27. The fourth-order valence-corrected chi connectivity index (χ4v) is 3.86. The topological polar surface area (TPSA) is 73.1 Å². The molecular weight excluding hydrogens is 330 g/mol. The molecule has 138 valence electrons. The molecule has 7 nitrogen and oxygen atoms in total. The molecular formula is C19H25N5O2. The quantitative estimate of drug-likeness (QED) is 0.795. The third-order valence-electron chi connectivity index (χ3n) is 5.36. The molecule has 0 unspecified atom stereocenters. The molecule has 1 saturated carbocycles. The maximum absolute atomic E-state index is 12.6. The smallest absolute Gasteiger partial charge is 0.223 e. The standard InChI is InChI=1S/C19H25N5O2/c25-19(10-15-4-1-2-5-15)23-8-9-24-18(12-23)17(21-22-24)14-26-13-16-6-3-7-20-11-16/h3,6-7,11,15H,1-2,4-5,8-10,12-14H2. The molecule has 0 saturated heterocycles. The van der Waals surface area contributed by atoms with Gasteiger partial charge in [0, 0.05) is 25.4 Å². The van der Waals surface area contributed by atoms with Crippen LogP contribution < -0.4 is 0 Å². The molecule has 3 heterocycles. The van der Waals surface area contributed by atoms with Crippen molar-refractivity contribution in [1.29, 1.82) is 0 Å². The van der Waals surface area contributed by atoms with Crippen LogP contribution >= 0.6 is 0 Å². The summed E-state index contributed by atoms with van der Waals surface area (Å²) in [5.41, 5.74) is 2.86. The first-order valence-electron chi connectivity index (χ1n) is 9.45. The van der Waals surface area contributed by atoms with Crippen LogP contribution in [0.15, 0.2) is 24.5 Å². The Morgan fingerprint density at radius 3 is 2.92 bits per heavy atom. The van der Waals surface area contributed by atoms with Gasteiger partial charge in [-0.25, -0.2) is 4.68 Å². The van der Waals surface area contributed by atoms with Crippen LogP contribution in [-0.2, 0) is 35.8 Å². The van der Waals surface area contributed by atoms with Crippen LogP contribution in [-0.4, -0.2) is 37.3 Å². The maximum Gasteiger partial charge on any atom is 0.223 e. The molecule has 0 bridgehead atoms. The lowest BCUT2D eigenvalue weighted by molar-refractivity contribution is -0.133. The van der Waals surface area contributed by atoms with E-state index >= 15 is 0 Å². The van der Waals surface area contributed by atoms with E-state index in [-0.39, 0.29) is 5.91 Å². The van der Waals surface area contributed by atoms with E-state index in [2.05, 4.69) is 15.3 Å². The van der Waals surface area contributed by atoms with Crippen LogP contribution in [0.1, 0.15) is 49.1 Å². The Balaban J connectivity index is 1.34. The van der Waals surface area contributed by atoms with Crippen LogP contribution in [0.5, 0.6) is 0 Å². The van der Waals surface area contributed by atoms with E-state index in [4.69, 9.17) is 4.74 Å². The number of rotatable bonds is 6. The van der Waals surface area contributed by atoms with Crippen molar-refractivity contribution in [2.24, 2.45) is 5.92 Å². The van der Waals surface area contributed by atoms with Crippen LogP contribution in [0.3, 0.4) is 0 Å². The van der Waals surface area contributed by atoms with E-state index in [1.165, 1.54) is 25.7 Å². The normalized spacial score (nSPS) is 17.5. The number of nitrogens with zero attached hydrogens (tertiary/aromatic N) is 5. The highest BCUT2D eigenvalue weighted by atomic mass is 16.5. The molecule has 2 aliphatic rings. The molecule has 4 rings (SSSR count). The summed E-state index contributed by atoms with van der Waals surface area (Å²) in [6.07, 6.45) is 9.17. The Hall–Kier alpha value is -2.28. The van der Waals surface area contributed by atoms with Crippen molar-refractivity contribution in [3.63, 3.8) is 0 Å². The van der Waals surface area contributed by atoms with E-state index in [9.17, 15) is 4.79 Å². The molecule has 0 radical (unpaired) electrons. The van der Waals surface area contributed by atoms with Gasteiger partial charge in [-0.3, -0.25) is 9.78 Å². The van der Waals surface area contributed by atoms with E-state index in [1.807, 2.05) is 21.7 Å². The Morgan fingerprint density at radius 1 is 1.23 bits per heavy atom. The van der Waals surface area contributed by atoms with Gasteiger partial charge in [0.05, 0.1) is 32.0 Å². The second kappa shape index (κ2) is 7.95. The molecule has 2 aromatic rings. The van der Waals surface area contributed by atoms with Gasteiger partial charge in [0.2, 0.25) is 5.91 Å². The Labute approximate surface area is 153 Å². The Morgan fingerprint density at radius 2 is 2.12 bits per heavy atom. The first-order valence-corrected chi connectivity index (χ1v) is 9.45. The number of aromatic nitrogens is 4. The number of carbonyl (C=O) groups excluding carboxylic acids is 1. The number of hydrogen-bond donors (Lipinski definition) is 0. The summed E-state index contributed by atoms with van der Waals surface area (Å²) in [5, 5.41) is 8.48. The molecule has 0 atom stereocenters. The van der Waals surface area contributed by atoms with Crippen molar-refractivity contribution in [2.45, 2.75) is 58.4 Å². The number of pyridine rings is 1. The second-order valence-corrected chi connectivity index (χ2v) is 7.23. The minimum Gasteiger partial charge on any atom is -0.370 e. The van der Waals surface area contributed by atoms with Crippen molar-refractivity contribution in [3.8, 4) is 0 Å². The highest BCUT2D eigenvalue weighted by Crippen LogP contribution is 2.28. The van der Waals surface area contributed by atoms with Gasteiger partial charge in [0.25, 0.3) is 0 Å². The maximum atomic E-state index is 12.6. The molecule has 2 aromatic heterocycles. The SMILES string of the molecule is O=C(CC1CCCC1)N1CCn2nnc(COCc3cccnc3)c2C1. The summed E-state index contributed by atoms with van der Waals surface area (Å²) >= 11 is 0. The number of amides is 1. The van der Waals surface area contributed by atoms with Gasteiger partial charge < -0.3 is 9.64 Å². The van der Waals surface area contributed by atoms with E-state index in [0.29, 0.717) is 38.6 Å². The number of carbonyl (C=O) groups is 1. The number of hydrogen-bond acceptors (Lipinski definition) is 5. The van der Waals surface area contributed by atoms with E-state index in [1.54, 1.807) is 12.4 Å². The Bertz CT molecular complexity index is 740. The molecule has 26 heavy (non-hydrogen) atoms. The van der Waals surface area contributed by atoms with Crippen molar-refractivity contribution in [1.82, 2.24) is 24.9 Å². The average Bonchev–Trinajstić information content (AvgIpc) is 3.32. The van der Waals surface area contributed by atoms with Gasteiger partial charge in [-0.05, 0) is 30.4 Å². The van der Waals surface area contributed by atoms with Gasteiger partial charge in [0.1, 0.15) is 5.69 Å². The third kappa shape index (κ3) is 3.93. The molecule has 0 aromatic carbocycles. The fraction of sp³-hybridized carbons (Fsp3) is 0.579. The summed E-state index contributed by atoms with van der Waals surface area (Å²) < 4.78 is 7.68. The molecule has 1 amide bonds. The summed E-state index contributed by atoms with van der Waals surface area (Å²) in [6, 6.07) is 3.88. The van der Waals surface area contributed by atoms with Gasteiger partial charge in [-0.15, -0.1) is 5.10 Å². The Kier molecular flexibility index (Phi) is 5.24. The van der Waals surface area contributed by atoms with Crippen molar-refractivity contribution in [3.05, 3.63) is 41.5 Å². The molecule has 7 heteroatoms. The summed E-state index contributed by atoms with van der Waals surface area (Å²) in [6.45, 7) is 2.91. The van der Waals surface area contributed by atoms with Crippen molar-refractivity contribution < 1.29 is 9.53 Å². The largest absolute Gasteiger partial charge is 0.370 e. The average molecular weight is 355 g/mol. The predicted molar refractivity (Wildman–Crippen MR) is 94.7 cm³/mol. The summed E-state index contributed by atoms with van der Waals surface area (Å²) in [5.74, 6) is 0.848. The van der Waals surface area contributed by atoms with Gasteiger partial charge >= 0.3 is 0 Å². The number of fused-ring (bicyclic) bond motifs is 1. The third-order valence-corrected chi connectivity index (χ3v) is 5.36. The minimum atomic E-state index is 0.270. The van der Waals surface area contributed by atoms with Crippen molar-refractivity contribution >= 4 is 5.91 Å². The van der Waals surface area contributed by atoms with Crippen LogP contribution in [0.4, 0.5) is 0 Å². The molecule has 1 aliphatic carbocycles. The van der Waals surface area contributed by atoms with Crippen LogP contribution in [0, 0.1) is 5.92 Å². The molecule has 0 N–H and O–H groups in total. The second-order valence-electron chi connectivity index (χ2n) is 7.23. The van der Waals surface area contributed by atoms with Crippen LogP contribution in [0.2, 0.25) is 0 Å². The molecule has 0 spiro atoms. The lowest BCUT2D eigenvalue weighted by Crippen LogP contribution is -2.39. The molecule has 1 aliphatic heterocycles. The van der Waals surface area contributed by atoms with Crippen LogP contribution in [0.25, 0.3) is 0 Å². The summed E-state index contributed by atoms with van der Waals surface area (Å²) in [7, 11) is 0. The fourth-order valence-electron chi connectivity index (χ4n) is 3.86. The van der Waals surface area contributed by atoms with Gasteiger partial charge in [0.15, 0.2) is 0 Å². The highest BCUT2D eigenvalue weighted by molar-refractivity contribution is 5.76. The lowest BCUT2D eigenvalue weighted by Gasteiger charge is -2.28. The summed E-state index contributed by atoms with van der Waals surface area (Å²) in [4.78, 5) is 18.7. The molecule has 1 fully saturated rings. The lowest BCUT2D eigenvalue weighted by atomic mass is 10.0. The van der Waals surface area contributed by atoms with Gasteiger partial charge in [-0.1, -0.05) is 24.1 Å².